The van der Waals surface area contributed by atoms with E-state index in [-0.39, 0.29) is 18.3 Å². The van der Waals surface area contributed by atoms with Gasteiger partial charge in [-0.25, -0.2) is 5.43 Å². The molecule has 28 heavy (non-hydrogen) atoms. The third-order valence-electron chi connectivity index (χ3n) is 4.42. The van der Waals surface area contributed by atoms with Crippen molar-refractivity contribution >= 4 is 33.7 Å². The zero-order valence-electron chi connectivity index (χ0n) is 15.0. The molecule has 0 saturated heterocycles. The van der Waals surface area contributed by atoms with Crippen LogP contribution >= 0.6 is 0 Å². The normalized spacial score (nSPS) is 11.1. The fourth-order valence-corrected chi connectivity index (χ4v) is 2.99. The van der Waals surface area contributed by atoms with Crippen LogP contribution in [0, 0.1) is 0 Å². The summed E-state index contributed by atoms with van der Waals surface area (Å²) in [6.07, 6.45) is 1.41. The number of nitrogens with zero attached hydrogens (tertiary/aromatic N) is 1. The Kier molecular flexibility index (Phi) is 4.89. The molecule has 0 aliphatic heterocycles. The number of nitrogens with one attached hydrogen (secondary N) is 1. The molecule has 0 heterocycles. The number of benzene rings is 4. The van der Waals surface area contributed by atoms with E-state index in [9.17, 15) is 9.90 Å². The van der Waals surface area contributed by atoms with Gasteiger partial charge in [-0.05, 0) is 34.4 Å². The molecule has 4 aromatic rings. The Labute approximate surface area is 161 Å². The number of hydrogen-bond donors (Lipinski definition) is 2. The van der Waals surface area contributed by atoms with E-state index in [0.29, 0.717) is 11.3 Å². The topological polar surface area (TPSA) is 70.9 Å². The zero-order chi connectivity index (χ0) is 19.3. The minimum Gasteiger partial charge on any atom is -0.507 e. The molecule has 138 valence electrons. The number of amides is 1. The molecule has 1 amide bonds. The van der Waals surface area contributed by atoms with Gasteiger partial charge in [0.15, 0.2) is 6.61 Å². The molecule has 0 unspecified atom stereocenters. The lowest BCUT2D eigenvalue weighted by Gasteiger charge is -2.06. The highest BCUT2D eigenvalue weighted by atomic mass is 16.5. The summed E-state index contributed by atoms with van der Waals surface area (Å²) in [6, 6.07) is 24.7. The molecule has 2 N–H and O–H groups in total. The third-order valence-corrected chi connectivity index (χ3v) is 4.42. The molecule has 0 aliphatic rings. The number of ether oxygens (including phenoxy) is 1. The van der Waals surface area contributed by atoms with Gasteiger partial charge in [-0.15, -0.1) is 0 Å². The number of phenols is 1. The maximum Gasteiger partial charge on any atom is 0.277 e. The molecule has 0 atom stereocenters. The van der Waals surface area contributed by atoms with Gasteiger partial charge in [-0.2, -0.15) is 5.10 Å². The van der Waals surface area contributed by atoms with Gasteiger partial charge in [0.2, 0.25) is 0 Å². The Hall–Kier alpha value is -3.86. The predicted molar refractivity (Wildman–Crippen MR) is 111 cm³/mol. The second kappa shape index (κ2) is 7.80. The Morgan fingerprint density at radius 2 is 1.64 bits per heavy atom. The Bertz CT molecular complexity index is 1180. The summed E-state index contributed by atoms with van der Waals surface area (Å²) in [6.45, 7) is -0.153. The van der Waals surface area contributed by atoms with Crippen molar-refractivity contribution in [2.75, 3.05) is 6.61 Å². The van der Waals surface area contributed by atoms with Crippen molar-refractivity contribution in [2.24, 2.45) is 5.10 Å². The summed E-state index contributed by atoms with van der Waals surface area (Å²) in [5, 5.41) is 18.1. The third kappa shape index (κ3) is 3.78. The molecule has 0 aliphatic carbocycles. The fourth-order valence-electron chi connectivity index (χ4n) is 2.99. The first kappa shape index (κ1) is 17.5. The van der Waals surface area contributed by atoms with Crippen LogP contribution in [0.4, 0.5) is 0 Å². The van der Waals surface area contributed by atoms with Crippen LogP contribution in [0.15, 0.2) is 84.0 Å². The molecule has 0 fully saturated rings. The number of carbonyl (C=O) groups excluding carboxylic acids is 1. The number of aromatic hydroxyl groups is 1. The van der Waals surface area contributed by atoms with Crippen LogP contribution in [-0.2, 0) is 4.79 Å². The van der Waals surface area contributed by atoms with Gasteiger partial charge in [0.05, 0.1) is 6.21 Å². The van der Waals surface area contributed by atoms with E-state index < -0.39 is 0 Å². The van der Waals surface area contributed by atoms with E-state index in [2.05, 4.69) is 10.5 Å². The second-order valence-corrected chi connectivity index (χ2v) is 6.32. The standard InChI is InChI=1S/C23H18N2O3/c26-22(15-28-20-12-11-16-5-1-2-7-18(16)13-20)25-24-14-19-10-9-17-6-3-4-8-21(17)23(19)27/h1-14,27H,15H2,(H,25,26)/b24-14+. The first-order valence-corrected chi connectivity index (χ1v) is 8.85. The summed E-state index contributed by atoms with van der Waals surface area (Å²) in [7, 11) is 0. The van der Waals surface area contributed by atoms with Crippen molar-refractivity contribution in [1.82, 2.24) is 5.43 Å². The highest BCUT2D eigenvalue weighted by Crippen LogP contribution is 2.27. The first-order chi connectivity index (χ1) is 13.7. The van der Waals surface area contributed by atoms with Gasteiger partial charge < -0.3 is 9.84 Å². The monoisotopic (exact) mass is 370 g/mol. The van der Waals surface area contributed by atoms with Gasteiger partial charge in [0.1, 0.15) is 11.5 Å². The summed E-state index contributed by atoms with van der Waals surface area (Å²) >= 11 is 0. The molecule has 5 heteroatoms. The van der Waals surface area contributed by atoms with Crippen molar-refractivity contribution in [3.63, 3.8) is 0 Å². The number of rotatable bonds is 5. The second-order valence-electron chi connectivity index (χ2n) is 6.32. The first-order valence-electron chi connectivity index (χ1n) is 8.85. The Balaban J connectivity index is 1.37. The van der Waals surface area contributed by atoms with Crippen LogP contribution in [-0.4, -0.2) is 23.8 Å². The van der Waals surface area contributed by atoms with E-state index in [0.717, 1.165) is 21.5 Å². The molecule has 0 aromatic heterocycles. The lowest BCUT2D eigenvalue weighted by molar-refractivity contribution is -0.123. The summed E-state index contributed by atoms with van der Waals surface area (Å²) in [5.41, 5.74) is 2.93. The van der Waals surface area contributed by atoms with E-state index in [1.165, 1.54) is 6.21 Å². The Morgan fingerprint density at radius 3 is 2.50 bits per heavy atom. The minimum atomic E-state index is -0.385. The van der Waals surface area contributed by atoms with Crippen LogP contribution < -0.4 is 10.2 Å². The molecule has 4 aromatic carbocycles. The van der Waals surface area contributed by atoms with Gasteiger partial charge in [-0.1, -0.05) is 60.7 Å². The van der Waals surface area contributed by atoms with Crippen molar-refractivity contribution in [2.45, 2.75) is 0 Å². The molecule has 0 radical (unpaired) electrons. The maximum atomic E-state index is 12.0. The number of hydrogen-bond acceptors (Lipinski definition) is 4. The maximum absolute atomic E-state index is 12.0. The van der Waals surface area contributed by atoms with Crippen LogP contribution in [0.2, 0.25) is 0 Å². The molecule has 0 spiro atoms. The number of hydrazone groups is 1. The molecule has 5 nitrogen and oxygen atoms in total. The van der Waals surface area contributed by atoms with Gasteiger partial charge in [-0.3, -0.25) is 4.79 Å². The smallest absolute Gasteiger partial charge is 0.277 e. The van der Waals surface area contributed by atoms with Crippen LogP contribution in [0.3, 0.4) is 0 Å². The van der Waals surface area contributed by atoms with E-state index in [1.807, 2.05) is 72.8 Å². The van der Waals surface area contributed by atoms with Crippen molar-refractivity contribution in [3.8, 4) is 11.5 Å². The van der Waals surface area contributed by atoms with Crippen LogP contribution in [0.25, 0.3) is 21.5 Å². The minimum absolute atomic E-state index is 0.128. The zero-order valence-corrected chi connectivity index (χ0v) is 15.0. The van der Waals surface area contributed by atoms with Crippen molar-refractivity contribution in [3.05, 3.63) is 84.4 Å². The average Bonchev–Trinajstić information content (AvgIpc) is 2.74. The summed E-state index contributed by atoms with van der Waals surface area (Å²) < 4.78 is 5.52. The average molecular weight is 370 g/mol. The van der Waals surface area contributed by atoms with Crippen LogP contribution in [0.1, 0.15) is 5.56 Å². The van der Waals surface area contributed by atoms with Crippen LogP contribution in [0.5, 0.6) is 11.5 Å². The SMILES string of the molecule is O=C(COc1ccc2ccccc2c1)N/N=C/c1ccc2ccccc2c1O. The van der Waals surface area contributed by atoms with Gasteiger partial charge in [0, 0.05) is 10.9 Å². The van der Waals surface area contributed by atoms with E-state index in [4.69, 9.17) is 4.74 Å². The lowest BCUT2D eigenvalue weighted by atomic mass is 10.1. The van der Waals surface area contributed by atoms with E-state index in [1.54, 1.807) is 6.07 Å². The van der Waals surface area contributed by atoms with Gasteiger partial charge in [0.25, 0.3) is 5.91 Å². The van der Waals surface area contributed by atoms with Gasteiger partial charge >= 0.3 is 0 Å². The molecule has 0 bridgehead atoms. The number of fused-ring (bicyclic) bond motifs is 2. The molecular weight excluding hydrogens is 352 g/mol. The molecule has 4 rings (SSSR count). The summed E-state index contributed by atoms with van der Waals surface area (Å²) in [5.74, 6) is 0.359. The fraction of sp³-hybridized carbons (Fsp3) is 0.0435. The number of phenolic OH excluding ortho intramolecular Hbond substituents is 1. The molecule has 0 saturated carbocycles. The quantitative estimate of drug-likeness (QED) is 0.408. The van der Waals surface area contributed by atoms with Crippen molar-refractivity contribution < 1.29 is 14.6 Å². The number of carbonyl (C=O) groups is 1. The highest BCUT2D eigenvalue weighted by Gasteiger charge is 2.05. The Morgan fingerprint density at radius 1 is 0.929 bits per heavy atom. The summed E-state index contributed by atoms with van der Waals surface area (Å²) in [4.78, 5) is 12.0. The predicted octanol–water partition coefficient (Wildman–Crippen LogP) is 4.23. The largest absolute Gasteiger partial charge is 0.507 e. The highest BCUT2D eigenvalue weighted by molar-refractivity contribution is 5.97. The molecular formula is C23H18N2O3. The lowest BCUT2D eigenvalue weighted by Crippen LogP contribution is -2.24. The van der Waals surface area contributed by atoms with Crippen molar-refractivity contribution in [1.29, 1.82) is 0 Å². The van der Waals surface area contributed by atoms with E-state index >= 15 is 0 Å².